The van der Waals surface area contributed by atoms with Gasteiger partial charge in [0.1, 0.15) is 4.90 Å². The molecule has 0 amide bonds. The predicted octanol–water partition coefficient (Wildman–Crippen LogP) is 3.15. The van der Waals surface area contributed by atoms with E-state index in [2.05, 4.69) is 9.88 Å². The SMILES string of the molecule is O=S(=O)(c1cccnc1)N1C[C@H]2CN(c3ccc(Cl)c(Cl)c3)C[C@H]2C1. The van der Waals surface area contributed by atoms with E-state index in [1.807, 2.05) is 12.1 Å². The van der Waals surface area contributed by atoms with Gasteiger partial charge in [-0.2, -0.15) is 4.31 Å². The first-order valence-electron chi connectivity index (χ1n) is 8.05. The van der Waals surface area contributed by atoms with E-state index in [1.54, 1.807) is 28.7 Å². The first-order chi connectivity index (χ1) is 11.9. The van der Waals surface area contributed by atoms with Crippen molar-refractivity contribution in [2.45, 2.75) is 4.90 Å². The van der Waals surface area contributed by atoms with Crippen LogP contribution in [0.15, 0.2) is 47.6 Å². The molecule has 2 atom stereocenters. The third kappa shape index (κ3) is 3.12. The zero-order valence-electron chi connectivity index (χ0n) is 13.3. The molecule has 0 unspecified atom stereocenters. The number of fused-ring (bicyclic) bond motifs is 1. The summed E-state index contributed by atoms with van der Waals surface area (Å²) in [4.78, 5) is 6.44. The van der Waals surface area contributed by atoms with Gasteiger partial charge in [0.2, 0.25) is 10.0 Å². The second-order valence-corrected chi connectivity index (χ2v) is 9.29. The molecular formula is C17H17Cl2N3O2S. The minimum absolute atomic E-state index is 0.260. The van der Waals surface area contributed by atoms with E-state index in [4.69, 9.17) is 23.2 Å². The number of rotatable bonds is 3. The molecule has 0 N–H and O–H groups in total. The van der Waals surface area contributed by atoms with E-state index in [-0.39, 0.29) is 4.90 Å². The first-order valence-corrected chi connectivity index (χ1v) is 10.2. The summed E-state index contributed by atoms with van der Waals surface area (Å²) < 4.78 is 27.1. The molecule has 0 bridgehead atoms. The minimum Gasteiger partial charge on any atom is -0.371 e. The Kier molecular flexibility index (Phi) is 4.40. The molecule has 2 aromatic rings. The summed E-state index contributed by atoms with van der Waals surface area (Å²) in [6.07, 6.45) is 2.98. The van der Waals surface area contributed by atoms with Crippen LogP contribution in [0.25, 0.3) is 0 Å². The van der Waals surface area contributed by atoms with Gasteiger partial charge >= 0.3 is 0 Å². The number of halogens is 2. The number of hydrogen-bond donors (Lipinski definition) is 0. The van der Waals surface area contributed by atoms with Gasteiger partial charge in [0.15, 0.2) is 0 Å². The van der Waals surface area contributed by atoms with Crippen molar-refractivity contribution in [3.05, 3.63) is 52.8 Å². The van der Waals surface area contributed by atoms with Gasteiger partial charge in [0.25, 0.3) is 0 Å². The number of nitrogens with zero attached hydrogens (tertiary/aromatic N) is 3. The molecule has 2 aliphatic heterocycles. The zero-order valence-corrected chi connectivity index (χ0v) is 15.7. The van der Waals surface area contributed by atoms with Crippen molar-refractivity contribution in [1.82, 2.24) is 9.29 Å². The van der Waals surface area contributed by atoms with Crippen molar-refractivity contribution in [2.24, 2.45) is 11.8 Å². The van der Waals surface area contributed by atoms with Gasteiger partial charge in [-0.25, -0.2) is 8.42 Å². The highest BCUT2D eigenvalue weighted by Gasteiger charge is 2.44. The molecule has 0 radical (unpaired) electrons. The average Bonchev–Trinajstić information content (AvgIpc) is 3.17. The van der Waals surface area contributed by atoms with E-state index >= 15 is 0 Å². The van der Waals surface area contributed by atoms with Crippen LogP contribution < -0.4 is 4.90 Å². The van der Waals surface area contributed by atoms with Crippen LogP contribution in [-0.4, -0.2) is 43.9 Å². The quantitative estimate of drug-likeness (QED) is 0.797. The molecule has 4 rings (SSSR count). The summed E-state index contributed by atoms with van der Waals surface area (Å²) in [6, 6.07) is 8.87. The molecule has 1 aromatic carbocycles. The molecular weight excluding hydrogens is 381 g/mol. The predicted molar refractivity (Wildman–Crippen MR) is 98.7 cm³/mol. The topological polar surface area (TPSA) is 53.5 Å². The highest BCUT2D eigenvalue weighted by Crippen LogP contribution is 2.37. The summed E-state index contributed by atoms with van der Waals surface area (Å²) in [5.74, 6) is 0.641. The number of hydrogen-bond acceptors (Lipinski definition) is 4. The monoisotopic (exact) mass is 397 g/mol. The lowest BCUT2D eigenvalue weighted by Gasteiger charge is -2.23. The molecule has 0 saturated carbocycles. The third-order valence-corrected chi connectivity index (χ3v) is 7.55. The van der Waals surface area contributed by atoms with E-state index in [1.165, 1.54) is 6.20 Å². The Hall–Kier alpha value is -1.34. The fourth-order valence-electron chi connectivity index (χ4n) is 3.69. The van der Waals surface area contributed by atoms with Crippen LogP contribution in [0, 0.1) is 11.8 Å². The Labute approximate surface area is 157 Å². The van der Waals surface area contributed by atoms with Gasteiger partial charge in [0.05, 0.1) is 10.0 Å². The fourth-order valence-corrected chi connectivity index (χ4v) is 5.50. The molecule has 5 nitrogen and oxygen atoms in total. The van der Waals surface area contributed by atoms with E-state index in [0.29, 0.717) is 35.0 Å². The summed E-state index contributed by atoms with van der Waals surface area (Å²) in [5, 5.41) is 1.08. The highest BCUT2D eigenvalue weighted by atomic mass is 35.5. The second kappa shape index (κ2) is 6.43. The summed E-state index contributed by atoms with van der Waals surface area (Å²) in [5.41, 5.74) is 1.03. The van der Waals surface area contributed by atoms with E-state index in [9.17, 15) is 8.42 Å². The van der Waals surface area contributed by atoms with Gasteiger partial charge in [-0.15, -0.1) is 0 Å². The van der Waals surface area contributed by atoms with Crippen molar-refractivity contribution >= 4 is 38.9 Å². The Morgan fingerprint density at radius 3 is 2.32 bits per heavy atom. The Bertz CT molecular complexity index is 878. The maximum absolute atomic E-state index is 12.7. The number of aromatic nitrogens is 1. The molecule has 132 valence electrons. The van der Waals surface area contributed by atoms with Gasteiger partial charge in [-0.3, -0.25) is 4.98 Å². The van der Waals surface area contributed by atoms with Gasteiger partial charge in [-0.1, -0.05) is 23.2 Å². The van der Waals surface area contributed by atoms with E-state index < -0.39 is 10.0 Å². The van der Waals surface area contributed by atoms with Crippen molar-refractivity contribution < 1.29 is 8.42 Å². The Morgan fingerprint density at radius 2 is 1.72 bits per heavy atom. The number of anilines is 1. The van der Waals surface area contributed by atoms with Crippen molar-refractivity contribution in [3.8, 4) is 0 Å². The third-order valence-electron chi connectivity index (χ3n) is 4.99. The normalized spacial score (nSPS) is 23.8. The second-order valence-electron chi connectivity index (χ2n) is 6.53. The molecule has 0 spiro atoms. The summed E-state index contributed by atoms with van der Waals surface area (Å²) in [6.45, 7) is 2.73. The van der Waals surface area contributed by atoms with E-state index in [0.717, 1.165) is 18.8 Å². The molecule has 0 aliphatic carbocycles. The smallest absolute Gasteiger partial charge is 0.244 e. The van der Waals surface area contributed by atoms with Gasteiger partial charge < -0.3 is 4.90 Å². The Balaban J connectivity index is 1.48. The number of pyridine rings is 1. The van der Waals surface area contributed by atoms with Crippen LogP contribution in [0.4, 0.5) is 5.69 Å². The van der Waals surface area contributed by atoms with Gasteiger partial charge in [0, 0.05) is 44.3 Å². The minimum atomic E-state index is -3.46. The van der Waals surface area contributed by atoms with Crippen LogP contribution in [0.1, 0.15) is 0 Å². The van der Waals surface area contributed by atoms with Crippen molar-refractivity contribution in [3.63, 3.8) is 0 Å². The van der Waals surface area contributed by atoms with Crippen LogP contribution in [-0.2, 0) is 10.0 Å². The highest BCUT2D eigenvalue weighted by molar-refractivity contribution is 7.89. The summed E-state index contributed by atoms with van der Waals surface area (Å²) >= 11 is 12.1. The van der Waals surface area contributed by atoms with Crippen molar-refractivity contribution in [1.29, 1.82) is 0 Å². The molecule has 2 aliphatic rings. The zero-order chi connectivity index (χ0) is 17.6. The van der Waals surface area contributed by atoms with Crippen molar-refractivity contribution in [2.75, 3.05) is 31.1 Å². The van der Waals surface area contributed by atoms with Crippen LogP contribution in [0.5, 0.6) is 0 Å². The summed E-state index contributed by atoms with van der Waals surface area (Å²) in [7, 11) is -3.46. The van der Waals surface area contributed by atoms with Crippen LogP contribution >= 0.6 is 23.2 Å². The van der Waals surface area contributed by atoms with Crippen LogP contribution in [0.3, 0.4) is 0 Å². The maximum Gasteiger partial charge on any atom is 0.244 e. The molecule has 1 aromatic heterocycles. The molecule has 2 saturated heterocycles. The lowest BCUT2D eigenvalue weighted by atomic mass is 10.0. The maximum atomic E-state index is 12.7. The average molecular weight is 398 g/mol. The Morgan fingerprint density at radius 1 is 1.00 bits per heavy atom. The molecule has 25 heavy (non-hydrogen) atoms. The number of benzene rings is 1. The van der Waals surface area contributed by atoms with Crippen LogP contribution in [0.2, 0.25) is 10.0 Å². The molecule has 8 heteroatoms. The molecule has 3 heterocycles. The molecule has 2 fully saturated rings. The first kappa shape index (κ1) is 17.1. The number of sulfonamides is 1. The lowest BCUT2D eigenvalue weighted by Crippen LogP contribution is -2.33. The largest absolute Gasteiger partial charge is 0.371 e. The lowest BCUT2D eigenvalue weighted by molar-refractivity contribution is 0.453. The fraction of sp³-hybridized carbons (Fsp3) is 0.353. The standard InChI is InChI=1S/C17H17Cl2N3O2S/c18-16-4-3-14(6-17(16)19)21-8-12-10-22(11-13(12)9-21)25(23,24)15-2-1-5-20-7-15/h1-7,12-13H,8-11H2/t12-,13+. The van der Waals surface area contributed by atoms with Gasteiger partial charge in [-0.05, 0) is 42.2 Å².